The molecule has 0 fully saturated rings. The molecule has 0 aromatic heterocycles. The van der Waals surface area contributed by atoms with Gasteiger partial charge < -0.3 is 0 Å². The van der Waals surface area contributed by atoms with Crippen molar-refractivity contribution >= 4 is 15.9 Å². The van der Waals surface area contributed by atoms with Crippen LogP contribution in [0.2, 0.25) is 0 Å². The molecule has 84 valence electrons. The van der Waals surface area contributed by atoms with E-state index in [-0.39, 0.29) is 0 Å². The van der Waals surface area contributed by atoms with Crippen molar-refractivity contribution in [1.82, 2.24) is 4.90 Å². The van der Waals surface area contributed by atoms with Gasteiger partial charge in [-0.2, -0.15) is 0 Å². The van der Waals surface area contributed by atoms with Gasteiger partial charge in [0, 0.05) is 24.5 Å². The van der Waals surface area contributed by atoms with Crippen LogP contribution in [-0.4, -0.2) is 22.8 Å². The molecule has 1 aromatic carbocycles. The first-order chi connectivity index (χ1) is 7.27. The highest BCUT2D eigenvalue weighted by Gasteiger charge is 2.11. The quantitative estimate of drug-likeness (QED) is 0.713. The summed E-state index contributed by atoms with van der Waals surface area (Å²) >= 11 is 3.52. The monoisotopic (exact) mass is 269 g/mol. The number of nitrogens with zero attached hydrogens (tertiary/aromatic N) is 1. The molecule has 2 heteroatoms. The van der Waals surface area contributed by atoms with E-state index in [0.29, 0.717) is 6.04 Å². The van der Waals surface area contributed by atoms with E-state index in [2.05, 4.69) is 65.0 Å². The standard InChI is InChI=1S/C13H20BrN/c1-3-12(2)15(10-9-14)11-13-7-5-4-6-8-13/h4-8,12H,3,9-11H2,1-2H3. The average Bonchev–Trinajstić information content (AvgIpc) is 2.29. The molecule has 1 nitrogen and oxygen atoms in total. The Morgan fingerprint density at radius 1 is 1.27 bits per heavy atom. The van der Waals surface area contributed by atoms with Crippen molar-refractivity contribution in [3.8, 4) is 0 Å². The van der Waals surface area contributed by atoms with Crippen molar-refractivity contribution in [3.05, 3.63) is 35.9 Å². The number of rotatable bonds is 6. The summed E-state index contributed by atoms with van der Waals surface area (Å²) in [6.07, 6.45) is 1.21. The number of alkyl halides is 1. The van der Waals surface area contributed by atoms with E-state index in [9.17, 15) is 0 Å². The number of hydrogen-bond acceptors (Lipinski definition) is 1. The molecule has 0 bridgehead atoms. The molecule has 15 heavy (non-hydrogen) atoms. The number of hydrogen-bond donors (Lipinski definition) is 0. The Morgan fingerprint density at radius 3 is 2.47 bits per heavy atom. The summed E-state index contributed by atoms with van der Waals surface area (Å²) in [6.45, 7) is 6.72. The summed E-state index contributed by atoms with van der Waals surface area (Å²) in [7, 11) is 0. The molecule has 0 radical (unpaired) electrons. The molecule has 1 rings (SSSR count). The zero-order chi connectivity index (χ0) is 11.1. The van der Waals surface area contributed by atoms with E-state index < -0.39 is 0 Å². The van der Waals surface area contributed by atoms with Crippen molar-refractivity contribution in [1.29, 1.82) is 0 Å². The summed E-state index contributed by atoms with van der Waals surface area (Å²) in [6, 6.07) is 11.3. The van der Waals surface area contributed by atoms with Gasteiger partial charge in [-0.15, -0.1) is 0 Å². The van der Waals surface area contributed by atoms with Crippen LogP contribution in [0.25, 0.3) is 0 Å². The Kier molecular flexibility index (Phi) is 5.96. The van der Waals surface area contributed by atoms with Crippen LogP contribution in [0.5, 0.6) is 0 Å². The fraction of sp³-hybridized carbons (Fsp3) is 0.538. The lowest BCUT2D eigenvalue weighted by atomic mass is 10.1. The predicted octanol–water partition coefficient (Wildman–Crippen LogP) is 3.68. The topological polar surface area (TPSA) is 3.24 Å². The Hall–Kier alpha value is -0.340. The SMILES string of the molecule is CCC(C)N(CCBr)Cc1ccccc1. The molecule has 0 aliphatic heterocycles. The summed E-state index contributed by atoms with van der Waals surface area (Å²) in [5.74, 6) is 0. The normalized spacial score (nSPS) is 13.1. The van der Waals surface area contributed by atoms with Crippen LogP contribution < -0.4 is 0 Å². The maximum Gasteiger partial charge on any atom is 0.0236 e. The van der Waals surface area contributed by atoms with Crippen LogP contribution in [0.3, 0.4) is 0 Å². The average molecular weight is 270 g/mol. The molecule has 0 amide bonds. The van der Waals surface area contributed by atoms with Crippen molar-refractivity contribution in [3.63, 3.8) is 0 Å². The van der Waals surface area contributed by atoms with Gasteiger partial charge in [0.05, 0.1) is 0 Å². The summed E-state index contributed by atoms with van der Waals surface area (Å²) in [5, 5.41) is 1.05. The first kappa shape index (κ1) is 12.7. The summed E-state index contributed by atoms with van der Waals surface area (Å²) in [5.41, 5.74) is 1.40. The molecule has 0 saturated heterocycles. The second-order valence-electron chi connectivity index (χ2n) is 3.90. The maximum absolute atomic E-state index is 3.52. The lowest BCUT2D eigenvalue weighted by molar-refractivity contribution is 0.208. The molecule has 1 aromatic rings. The summed E-state index contributed by atoms with van der Waals surface area (Å²) < 4.78 is 0. The molecule has 0 heterocycles. The molecular weight excluding hydrogens is 250 g/mol. The Bertz CT molecular complexity index is 260. The fourth-order valence-corrected chi connectivity index (χ4v) is 2.10. The molecule has 1 atom stereocenters. The van der Waals surface area contributed by atoms with Gasteiger partial charge in [0.2, 0.25) is 0 Å². The van der Waals surface area contributed by atoms with Crippen LogP contribution in [0.15, 0.2) is 30.3 Å². The number of halogens is 1. The van der Waals surface area contributed by atoms with Crippen LogP contribution >= 0.6 is 15.9 Å². The van der Waals surface area contributed by atoms with E-state index >= 15 is 0 Å². The van der Waals surface area contributed by atoms with Gasteiger partial charge in [-0.3, -0.25) is 4.90 Å². The lowest BCUT2D eigenvalue weighted by Gasteiger charge is -2.27. The first-order valence-electron chi connectivity index (χ1n) is 5.61. The van der Waals surface area contributed by atoms with Crippen LogP contribution in [0.4, 0.5) is 0 Å². The highest BCUT2D eigenvalue weighted by atomic mass is 79.9. The van der Waals surface area contributed by atoms with E-state index in [1.807, 2.05) is 0 Å². The van der Waals surface area contributed by atoms with E-state index in [0.717, 1.165) is 18.4 Å². The zero-order valence-electron chi connectivity index (χ0n) is 9.62. The van der Waals surface area contributed by atoms with Gasteiger partial charge in [0.1, 0.15) is 0 Å². The van der Waals surface area contributed by atoms with Gasteiger partial charge >= 0.3 is 0 Å². The third-order valence-corrected chi connectivity index (χ3v) is 3.17. The van der Waals surface area contributed by atoms with E-state index in [1.54, 1.807) is 0 Å². The summed E-state index contributed by atoms with van der Waals surface area (Å²) in [4.78, 5) is 2.52. The molecule has 0 aliphatic rings. The minimum atomic E-state index is 0.655. The fourth-order valence-electron chi connectivity index (χ4n) is 1.64. The van der Waals surface area contributed by atoms with Gasteiger partial charge in [-0.25, -0.2) is 0 Å². The van der Waals surface area contributed by atoms with Crippen LogP contribution in [-0.2, 0) is 6.54 Å². The molecule has 0 N–H and O–H groups in total. The molecule has 0 aliphatic carbocycles. The third kappa shape index (κ3) is 4.35. The zero-order valence-corrected chi connectivity index (χ0v) is 11.2. The number of benzene rings is 1. The highest BCUT2D eigenvalue weighted by molar-refractivity contribution is 9.09. The Balaban J connectivity index is 2.58. The molecule has 0 spiro atoms. The minimum Gasteiger partial charge on any atom is -0.296 e. The Labute approximate surface area is 102 Å². The molecule has 0 saturated carbocycles. The second kappa shape index (κ2) is 7.02. The van der Waals surface area contributed by atoms with Gasteiger partial charge in [0.25, 0.3) is 0 Å². The van der Waals surface area contributed by atoms with E-state index in [1.165, 1.54) is 12.0 Å². The van der Waals surface area contributed by atoms with E-state index in [4.69, 9.17) is 0 Å². The van der Waals surface area contributed by atoms with Crippen LogP contribution in [0.1, 0.15) is 25.8 Å². The van der Waals surface area contributed by atoms with Gasteiger partial charge in [-0.05, 0) is 18.9 Å². The van der Waals surface area contributed by atoms with Crippen molar-refractivity contribution in [2.24, 2.45) is 0 Å². The molecule has 1 unspecified atom stereocenters. The van der Waals surface area contributed by atoms with Gasteiger partial charge in [-0.1, -0.05) is 53.2 Å². The van der Waals surface area contributed by atoms with Gasteiger partial charge in [0.15, 0.2) is 0 Å². The molecular formula is C13H20BrN. The first-order valence-corrected chi connectivity index (χ1v) is 6.74. The lowest BCUT2D eigenvalue weighted by Crippen LogP contribution is -2.33. The van der Waals surface area contributed by atoms with Crippen LogP contribution in [0, 0.1) is 0 Å². The van der Waals surface area contributed by atoms with Crippen molar-refractivity contribution in [2.45, 2.75) is 32.9 Å². The Morgan fingerprint density at radius 2 is 1.93 bits per heavy atom. The van der Waals surface area contributed by atoms with Crippen molar-refractivity contribution < 1.29 is 0 Å². The predicted molar refractivity (Wildman–Crippen MR) is 70.4 cm³/mol. The highest BCUT2D eigenvalue weighted by Crippen LogP contribution is 2.10. The third-order valence-electron chi connectivity index (χ3n) is 2.81. The maximum atomic E-state index is 3.52. The smallest absolute Gasteiger partial charge is 0.0236 e. The van der Waals surface area contributed by atoms with Crippen molar-refractivity contribution in [2.75, 3.05) is 11.9 Å². The largest absolute Gasteiger partial charge is 0.296 e. The second-order valence-corrected chi connectivity index (χ2v) is 4.70. The minimum absolute atomic E-state index is 0.655.